The van der Waals surface area contributed by atoms with Crippen molar-refractivity contribution in [1.82, 2.24) is 0 Å². The van der Waals surface area contributed by atoms with Crippen molar-refractivity contribution < 1.29 is 0 Å². The minimum atomic E-state index is 0.304. The van der Waals surface area contributed by atoms with Crippen molar-refractivity contribution in [2.45, 2.75) is 11.8 Å². The number of alkyl halides is 1. The second-order valence-corrected chi connectivity index (χ2v) is 4.46. The van der Waals surface area contributed by atoms with Gasteiger partial charge in [0.25, 0.3) is 0 Å². The molecule has 12 heavy (non-hydrogen) atoms. The van der Waals surface area contributed by atoms with Gasteiger partial charge in [-0.2, -0.15) is 0 Å². The molecule has 0 heterocycles. The van der Waals surface area contributed by atoms with Crippen LogP contribution in [0, 0.1) is 0 Å². The number of hydrogen-bond acceptors (Lipinski definition) is 0. The summed E-state index contributed by atoms with van der Waals surface area (Å²) >= 11 is 9.22. The first-order valence-electron chi connectivity index (χ1n) is 3.70. The normalized spacial score (nSPS) is 12.6. The van der Waals surface area contributed by atoms with Gasteiger partial charge in [0.05, 0.1) is 0 Å². The largest absolute Gasteiger partial charge is 0.0941 e. The molecule has 1 aromatic rings. The van der Waals surface area contributed by atoms with E-state index in [-0.39, 0.29) is 0 Å². The van der Waals surface area contributed by atoms with E-state index in [2.05, 4.69) is 29.4 Å². The number of benzene rings is 1. The van der Waals surface area contributed by atoms with Crippen LogP contribution in [-0.2, 0) is 0 Å². The lowest BCUT2D eigenvalue weighted by Gasteiger charge is -2.07. The minimum absolute atomic E-state index is 0.304. The van der Waals surface area contributed by atoms with Gasteiger partial charge in [0.2, 0.25) is 0 Å². The topological polar surface area (TPSA) is 0 Å². The van der Waals surface area contributed by atoms with Crippen LogP contribution in [0.2, 0.25) is 5.02 Å². The van der Waals surface area contributed by atoms with Crippen molar-refractivity contribution >= 4 is 33.1 Å². The molecule has 0 amide bonds. The Morgan fingerprint density at radius 1 is 1.42 bits per heavy atom. The molecule has 0 aromatic heterocycles. The highest BCUT2D eigenvalue weighted by atomic mass is 79.9. The first-order chi connectivity index (χ1) is 5.61. The molecule has 0 aliphatic rings. The van der Waals surface area contributed by atoms with Crippen LogP contribution >= 0.6 is 27.5 Å². The number of hydrogen-bond donors (Lipinski definition) is 0. The SMILES string of the molecule is C=C(c1ccc(Cl)cc1)C(C)Br. The monoisotopic (exact) mass is 244 g/mol. The van der Waals surface area contributed by atoms with Gasteiger partial charge in [0, 0.05) is 9.85 Å². The summed E-state index contributed by atoms with van der Waals surface area (Å²) in [5, 5.41) is 0.758. The van der Waals surface area contributed by atoms with E-state index in [1.807, 2.05) is 24.3 Å². The Morgan fingerprint density at radius 3 is 2.33 bits per heavy atom. The van der Waals surface area contributed by atoms with Gasteiger partial charge in [-0.1, -0.05) is 46.2 Å². The third kappa shape index (κ3) is 2.36. The molecule has 0 radical (unpaired) electrons. The van der Waals surface area contributed by atoms with Crippen molar-refractivity contribution in [3.8, 4) is 0 Å². The van der Waals surface area contributed by atoms with Gasteiger partial charge in [-0.3, -0.25) is 0 Å². The van der Waals surface area contributed by atoms with E-state index in [1.165, 1.54) is 0 Å². The second kappa shape index (κ2) is 4.11. The Bertz CT molecular complexity index is 274. The molecular formula is C10H10BrCl. The summed E-state index contributed by atoms with van der Waals surface area (Å²) in [6, 6.07) is 7.69. The minimum Gasteiger partial charge on any atom is -0.0941 e. The second-order valence-electron chi connectivity index (χ2n) is 2.65. The Balaban J connectivity index is 2.90. The average Bonchev–Trinajstić information content (AvgIpc) is 2.04. The standard InChI is InChI=1S/C10H10BrCl/c1-7(8(2)11)9-3-5-10(12)6-4-9/h3-6,8H,1H2,2H3. The molecule has 0 aliphatic carbocycles. The molecule has 0 fully saturated rings. The maximum absolute atomic E-state index is 5.75. The highest BCUT2D eigenvalue weighted by Crippen LogP contribution is 2.22. The molecule has 1 aromatic carbocycles. The molecule has 0 bridgehead atoms. The molecule has 0 N–H and O–H groups in total. The summed E-state index contributed by atoms with van der Waals surface area (Å²) in [4.78, 5) is 0.304. The third-order valence-corrected chi connectivity index (χ3v) is 2.50. The Kier molecular flexibility index (Phi) is 3.36. The lowest BCUT2D eigenvalue weighted by Crippen LogP contribution is -1.93. The lowest BCUT2D eigenvalue weighted by atomic mass is 10.1. The van der Waals surface area contributed by atoms with E-state index in [0.29, 0.717) is 4.83 Å². The molecule has 1 atom stereocenters. The van der Waals surface area contributed by atoms with Gasteiger partial charge < -0.3 is 0 Å². The van der Waals surface area contributed by atoms with Crippen molar-refractivity contribution in [3.63, 3.8) is 0 Å². The van der Waals surface area contributed by atoms with Gasteiger partial charge in [-0.25, -0.2) is 0 Å². The molecule has 0 aliphatic heterocycles. The van der Waals surface area contributed by atoms with Crippen molar-refractivity contribution in [3.05, 3.63) is 41.4 Å². The van der Waals surface area contributed by atoms with Gasteiger partial charge in [-0.15, -0.1) is 0 Å². The average molecular weight is 246 g/mol. The van der Waals surface area contributed by atoms with Gasteiger partial charge in [0.15, 0.2) is 0 Å². The van der Waals surface area contributed by atoms with Crippen LogP contribution in [0.15, 0.2) is 30.8 Å². The summed E-state index contributed by atoms with van der Waals surface area (Å²) < 4.78 is 0. The predicted octanol–water partition coefficient (Wildman–Crippen LogP) is 4.14. The Labute approximate surface area is 86.4 Å². The maximum atomic E-state index is 5.75. The Morgan fingerprint density at radius 2 is 1.92 bits per heavy atom. The van der Waals surface area contributed by atoms with Gasteiger partial charge in [-0.05, 0) is 30.2 Å². The highest BCUT2D eigenvalue weighted by Gasteiger charge is 2.03. The molecule has 64 valence electrons. The number of halogens is 2. The van der Waals surface area contributed by atoms with E-state index >= 15 is 0 Å². The molecule has 0 nitrogen and oxygen atoms in total. The zero-order valence-corrected chi connectivity index (χ0v) is 9.19. The van der Waals surface area contributed by atoms with E-state index in [9.17, 15) is 0 Å². The summed E-state index contributed by atoms with van der Waals surface area (Å²) in [6.45, 7) is 6.02. The van der Waals surface area contributed by atoms with Crippen molar-refractivity contribution in [1.29, 1.82) is 0 Å². The zero-order valence-electron chi connectivity index (χ0n) is 6.85. The van der Waals surface area contributed by atoms with Crippen LogP contribution in [-0.4, -0.2) is 4.83 Å². The summed E-state index contributed by atoms with van der Waals surface area (Å²) in [5.41, 5.74) is 2.20. The fraction of sp³-hybridized carbons (Fsp3) is 0.200. The lowest BCUT2D eigenvalue weighted by molar-refractivity contribution is 1.29. The summed E-state index contributed by atoms with van der Waals surface area (Å²) in [5.74, 6) is 0. The van der Waals surface area contributed by atoms with Gasteiger partial charge in [0.1, 0.15) is 0 Å². The smallest absolute Gasteiger partial charge is 0.0406 e. The molecule has 0 spiro atoms. The number of allylic oxidation sites excluding steroid dienone is 1. The third-order valence-electron chi connectivity index (χ3n) is 1.70. The van der Waals surface area contributed by atoms with Crippen molar-refractivity contribution in [2.24, 2.45) is 0 Å². The van der Waals surface area contributed by atoms with E-state index in [1.54, 1.807) is 0 Å². The molecule has 2 heteroatoms. The van der Waals surface area contributed by atoms with E-state index in [4.69, 9.17) is 11.6 Å². The molecule has 0 saturated carbocycles. The van der Waals surface area contributed by atoms with Crippen LogP contribution in [0.5, 0.6) is 0 Å². The quantitative estimate of drug-likeness (QED) is 0.687. The van der Waals surface area contributed by atoms with Crippen LogP contribution in [0.25, 0.3) is 5.57 Å². The van der Waals surface area contributed by atoms with Crippen LogP contribution in [0.1, 0.15) is 12.5 Å². The molecular weight excluding hydrogens is 235 g/mol. The fourth-order valence-corrected chi connectivity index (χ4v) is 1.28. The van der Waals surface area contributed by atoms with E-state index < -0.39 is 0 Å². The van der Waals surface area contributed by atoms with Gasteiger partial charge >= 0.3 is 0 Å². The molecule has 1 rings (SSSR count). The van der Waals surface area contributed by atoms with Crippen LogP contribution in [0.4, 0.5) is 0 Å². The number of rotatable bonds is 2. The Hall–Kier alpha value is -0.270. The summed E-state index contributed by atoms with van der Waals surface area (Å²) in [6.07, 6.45) is 0. The maximum Gasteiger partial charge on any atom is 0.0406 e. The zero-order chi connectivity index (χ0) is 9.14. The van der Waals surface area contributed by atoms with Crippen molar-refractivity contribution in [2.75, 3.05) is 0 Å². The molecule has 1 unspecified atom stereocenters. The highest BCUT2D eigenvalue weighted by molar-refractivity contribution is 9.09. The molecule has 0 saturated heterocycles. The van der Waals surface area contributed by atoms with Crippen LogP contribution in [0.3, 0.4) is 0 Å². The predicted molar refractivity (Wildman–Crippen MR) is 58.9 cm³/mol. The van der Waals surface area contributed by atoms with Crippen LogP contribution < -0.4 is 0 Å². The fourth-order valence-electron chi connectivity index (χ4n) is 0.894. The van der Waals surface area contributed by atoms with E-state index in [0.717, 1.165) is 16.2 Å². The first-order valence-corrected chi connectivity index (χ1v) is 4.99. The summed E-state index contributed by atoms with van der Waals surface area (Å²) in [7, 11) is 0. The first kappa shape index (κ1) is 9.82.